The molecule has 1 unspecified atom stereocenters. The van der Waals surface area contributed by atoms with E-state index in [1.807, 2.05) is 13.8 Å². The highest BCUT2D eigenvalue weighted by Gasteiger charge is 2.38. The summed E-state index contributed by atoms with van der Waals surface area (Å²) in [6.07, 6.45) is -3.94. The van der Waals surface area contributed by atoms with Gasteiger partial charge in [-0.3, -0.25) is 10.1 Å². The fourth-order valence-electron chi connectivity index (χ4n) is 3.35. The molecule has 1 atom stereocenters. The molecule has 1 aliphatic heterocycles. The van der Waals surface area contributed by atoms with Crippen LogP contribution in [0.3, 0.4) is 0 Å². The second-order valence-corrected chi connectivity index (χ2v) is 6.96. The lowest BCUT2D eigenvalue weighted by atomic mass is 9.72. The van der Waals surface area contributed by atoms with Crippen molar-refractivity contribution in [1.29, 1.82) is 0 Å². The first kappa shape index (κ1) is 17.3. The van der Waals surface area contributed by atoms with E-state index in [-0.39, 0.29) is 11.7 Å². The number of nitrogens with one attached hydrogen (secondary N) is 1. The van der Waals surface area contributed by atoms with Crippen LogP contribution in [0.15, 0.2) is 42.5 Å². The van der Waals surface area contributed by atoms with Crippen LogP contribution in [0.25, 0.3) is 0 Å². The maximum atomic E-state index is 12.9. The quantitative estimate of drug-likeness (QED) is 0.587. The van der Waals surface area contributed by atoms with E-state index >= 15 is 0 Å². The zero-order chi connectivity index (χ0) is 18.4. The van der Waals surface area contributed by atoms with E-state index < -0.39 is 22.1 Å². The lowest BCUT2D eigenvalue weighted by Gasteiger charge is -2.41. The van der Waals surface area contributed by atoms with Crippen molar-refractivity contribution in [2.75, 3.05) is 5.32 Å². The molecule has 1 aliphatic rings. The fraction of sp³-hybridized carbons (Fsp3) is 0.333. The number of alkyl halides is 3. The second-order valence-electron chi connectivity index (χ2n) is 6.96. The summed E-state index contributed by atoms with van der Waals surface area (Å²) in [7, 11) is 0. The van der Waals surface area contributed by atoms with Gasteiger partial charge in [-0.15, -0.1) is 0 Å². The monoisotopic (exact) mass is 350 g/mol. The van der Waals surface area contributed by atoms with Crippen molar-refractivity contribution in [3.63, 3.8) is 0 Å². The van der Waals surface area contributed by atoms with Crippen molar-refractivity contribution >= 4 is 11.4 Å². The maximum absolute atomic E-state index is 12.9. The number of benzene rings is 2. The number of anilines is 1. The van der Waals surface area contributed by atoms with Crippen LogP contribution in [0.4, 0.5) is 24.5 Å². The van der Waals surface area contributed by atoms with E-state index in [1.165, 1.54) is 24.3 Å². The third-order valence-electron chi connectivity index (χ3n) is 4.57. The molecule has 4 nitrogen and oxygen atoms in total. The van der Waals surface area contributed by atoms with Gasteiger partial charge in [-0.1, -0.05) is 26.0 Å². The largest absolute Gasteiger partial charge is 0.416 e. The molecule has 0 aromatic heterocycles. The first-order valence-electron chi connectivity index (χ1n) is 7.79. The highest BCUT2D eigenvalue weighted by Crippen LogP contribution is 2.46. The van der Waals surface area contributed by atoms with Gasteiger partial charge in [0.1, 0.15) is 0 Å². The summed E-state index contributed by atoms with van der Waals surface area (Å²) < 4.78 is 38.8. The zero-order valence-electron chi connectivity index (χ0n) is 13.7. The molecule has 3 rings (SSSR count). The van der Waals surface area contributed by atoms with Gasteiger partial charge in [0.05, 0.1) is 16.5 Å². The first-order chi connectivity index (χ1) is 11.6. The van der Waals surface area contributed by atoms with Crippen LogP contribution in [0.2, 0.25) is 0 Å². The molecule has 0 spiro atoms. The van der Waals surface area contributed by atoms with E-state index in [9.17, 15) is 23.3 Å². The molecule has 1 heterocycles. The Morgan fingerprint density at radius 3 is 2.56 bits per heavy atom. The van der Waals surface area contributed by atoms with Gasteiger partial charge in [0, 0.05) is 17.8 Å². The minimum Gasteiger partial charge on any atom is -0.377 e. The Bertz CT molecular complexity index is 831. The summed E-state index contributed by atoms with van der Waals surface area (Å²) in [5.41, 5.74) is 0.882. The highest BCUT2D eigenvalue weighted by atomic mass is 19.4. The minimum atomic E-state index is -4.38. The Balaban J connectivity index is 2.00. The van der Waals surface area contributed by atoms with Gasteiger partial charge < -0.3 is 5.32 Å². The molecule has 0 bridgehead atoms. The summed E-state index contributed by atoms with van der Waals surface area (Å²) in [5, 5.41) is 14.3. The first-order valence-corrected chi connectivity index (χ1v) is 7.79. The Morgan fingerprint density at radius 1 is 1.20 bits per heavy atom. The molecule has 2 aromatic rings. The standard InChI is InChI=1S/C18H17F3N2O2/c1-17(2)10-12-8-13(18(19,20)21)6-7-15(12)22-16(17)11-4-3-5-14(9-11)23(24)25/h3-9,16,22H,10H2,1-2H3. The Labute approximate surface area is 142 Å². The van der Waals surface area contributed by atoms with E-state index in [4.69, 9.17) is 0 Å². The summed E-state index contributed by atoms with van der Waals surface area (Å²) >= 11 is 0. The van der Waals surface area contributed by atoms with Crippen molar-refractivity contribution in [2.24, 2.45) is 5.41 Å². The number of nitro groups is 1. The number of rotatable bonds is 2. The van der Waals surface area contributed by atoms with Crippen molar-refractivity contribution in [2.45, 2.75) is 32.5 Å². The van der Waals surface area contributed by atoms with E-state index in [0.29, 0.717) is 17.7 Å². The van der Waals surface area contributed by atoms with E-state index in [0.717, 1.165) is 11.6 Å². The summed E-state index contributed by atoms with van der Waals surface area (Å²) in [5.74, 6) is 0. The lowest BCUT2D eigenvalue weighted by molar-refractivity contribution is -0.384. The molecule has 0 fully saturated rings. The maximum Gasteiger partial charge on any atom is 0.416 e. The molecular formula is C18H17F3N2O2. The van der Waals surface area contributed by atoms with Gasteiger partial charge in [-0.25, -0.2) is 0 Å². The third kappa shape index (κ3) is 3.31. The fourth-order valence-corrected chi connectivity index (χ4v) is 3.35. The molecule has 132 valence electrons. The Kier molecular flexibility index (Phi) is 3.97. The molecule has 0 amide bonds. The normalized spacial score (nSPS) is 19.0. The predicted octanol–water partition coefficient (Wildman–Crippen LogP) is 5.35. The molecule has 1 N–H and O–H groups in total. The van der Waals surface area contributed by atoms with Crippen molar-refractivity contribution < 1.29 is 18.1 Å². The lowest BCUT2D eigenvalue weighted by Crippen LogP contribution is -2.35. The van der Waals surface area contributed by atoms with Gasteiger partial charge in [-0.2, -0.15) is 13.2 Å². The van der Waals surface area contributed by atoms with Crippen LogP contribution < -0.4 is 5.32 Å². The molecule has 0 saturated carbocycles. The average molecular weight is 350 g/mol. The molecular weight excluding hydrogens is 333 g/mol. The van der Waals surface area contributed by atoms with Crippen molar-refractivity contribution in [3.05, 3.63) is 69.3 Å². The third-order valence-corrected chi connectivity index (χ3v) is 4.57. The van der Waals surface area contributed by atoms with Gasteiger partial charge >= 0.3 is 6.18 Å². The number of fused-ring (bicyclic) bond motifs is 1. The van der Waals surface area contributed by atoms with Crippen LogP contribution in [-0.4, -0.2) is 4.92 Å². The summed E-state index contributed by atoms with van der Waals surface area (Å²) in [6, 6.07) is 9.75. The summed E-state index contributed by atoms with van der Waals surface area (Å²) in [6.45, 7) is 3.87. The Morgan fingerprint density at radius 2 is 1.92 bits per heavy atom. The number of nitrogens with zero attached hydrogens (tertiary/aromatic N) is 1. The highest BCUT2D eigenvalue weighted by molar-refractivity contribution is 5.58. The topological polar surface area (TPSA) is 55.2 Å². The molecule has 0 aliphatic carbocycles. The van der Waals surface area contributed by atoms with Crippen molar-refractivity contribution in [3.8, 4) is 0 Å². The smallest absolute Gasteiger partial charge is 0.377 e. The molecule has 7 heteroatoms. The summed E-state index contributed by atoms with van der Waals surface area (Å²) in [4.78, 5) is 10.6. The molecule has 25 heavy (non-hydrogen) atoms. The average Bonchev–Trinajstić information content (AvgIpc) is 2.52. The van der Waals surface area contributed by atoms with E-state index in [1.54, 1.807) is 12.1 Å². The number of hydrogen-bond acceptors (Lipinski definition) is 3. The Hall–Kier alpha value is -2.57. The number of halogens is 3. The van der Waals surface area contributed by atoms with Gasteiger partial charge in [0.15, 0.2) is 0 Å². The van der Waals surface area contributed by atoms with Gasteiger partial charge in [0.2, 0.25) is 0 Å². The number of hydrogen-bond donors (Lipinski definition) is 1. The molecule has 0 saturated heterocycles. The number of non-ortho nitro benzene ring substituents is 1. The van der Waals surface area contributed by atoms with E-state index in [2.05, 4.69) is 5.32 Å². The minimum absolute atomic E-state index is 0.00619. The van der Waals surface area contributed by atoms with Crippen LogP contribution in [0.5, 0.6) is 0 Å². The number of nitro benzene ring substituents is 1. The second kappa shape index (κ2) is 5.75. The molecule has 2 aromatic carbocycles. The van der Waals surface area contributed by atoms with Crippen LogP contribution in [0, 0.1) is 15.5 Å². The van der Waals surface area contributed by atoms with Crippen LogP contribution >= 0.6 is 0 Å². The van der Waals surface area contributed by atoms with Gasteiger partial charge in [0.25, 0.3) is 5.69 Å². The zero-order valence-corrected chi connectivity index (χ0v) is 13.7. The van der Waals surface area contributed by atoms with Crippen LogP contribution in [0.1, 0.15) is 36.6 Å². The SMILES string of the molecule is CC1(C)Cc2cc(C(F)(F)F)ccc2NC1c1cccc([N+](=O)[O-])c1. The van der Waals surface area contributed by atoms with Gasteiger partial charge in [-0.05, 0) is 41.2 Å². The van der Waals surface area contributed by atoms with Crippen molar-refractivity contribution in [1.82, 2.24) is 0 Å². The molecule has 0 radical (unpaired) electrons. The van der Waals surface area contributed by atoms with Crippen LogP contribution in [-0.2, 0) is 12.6 Å². The predicted molar refractivity (Wildman–Crippen MR) is 88.4 cm³/mol.